The van der Waals surface area contributed by atoms with Crippen LogP contribution in [-0.2, 0) is 18.5 Å². The monoisotopic (exact) mass is 469 g/mol. The quantitative estimate of drug-likeness (QED) is 0.312. The van der Waals surface area contributed by atoms with Crippen molar-refractivity contribution in [1.29, 1.82) is 0 Å². The van der Waals surface area contributed by atoms with Crippen molar-refractivity contribution in [2.45, 2.75) is 20.5 Å². The van der Waals surface area contributed by atoms with Crippen molar-refractivity contribution in [2.75, 3.05) is 0 Å². The maximum atomic E-state index is 5.97. The van der Waals surface area contributed by atoms with E-state index in [1.807, 2.05) is 45.2 Å². The van der Waals surface area contributed by atoms with Crippen molar-refractivity contribution in [1.82, 2.24) is 19.4 Å². The van der Waals surface area contributed by atoms with Gasteiger partial charge in [-0.3, -0.25) is 0 Å². The molecular weight excluding hydrogens is 453 g/mol. The Bertz CT molecular complexity index is 889. The number of aryl methyl sites for hydroxylation is 3. The molecule has 7 nitrogen and oxygen atoms in total. The fourth-order valence-corrected chi connectivity index (χ4v) is 3.01. The Morgan fingerprint density at radius 1 is 1.24 bits per heavy atom. The molecule has 0 saturated carbocycles. The summed E-state index contributed by atoms with van der Waals surface area (Å²) in [6, 6.07) is 7.81. The van der Waals surface area contributed by atoms with Crippen molar-refractivity contribution in [3.05, 3.63) is 49.7 Å². The molecule has 25 heavy (non-hydrogen) atoms. The van der Waals surface area contributed by atoms with E-state index in [0.29, 0.717) is 12.5 Å². The third kappa shape index (κ3) is 4.34. The second kappa shape index (κ2) is 7.91. The van der Waals surface area contributed by atoms with Crippen LogP contribution in [0.15, 0.2) is 29.4 Å². The molecule has 0 unspecified atom stereocenters. The number of ether oxygens (including phenoxy) is 1. The largest absolute Gasteiger partial charge is 0.439 e. The molecule has 0 aliphatic carbocycles. The van der Waals surface area contributed by atoms with E-state index in [4.69, 9.17) is 9.57 Å². The molecule has 0 spiro atoms. The van der Waals surface area contributed by atoms with Crippen LogP contribution < -0.4 is 4.74 Å². The zero-order valence-electron chi connectivity index (χ0n) is 13.9. The highest BCUT2D eigenvalue weighted by Gasteiger charge is 2.14. The second-order valence-electron chi connectivity index (χ2n) is 5.27. The van der Waals surface area contributed by atoms with Crippen LogP contribution >= 0.6 is 34.1 Å². The molecule has 2 aromatic heterocycles. The number of aromatic nitrogens is 4. The Hall–Kier alpha value is -2.01. The van der Waals surface area contributed by atoms with Crippen LogP contribution in [0.3, 0.4) is 0 Å². The van der Waals surface area contributed by atoms with E-state index in [1.165, 1.54) is 11.5 Å². The van der Waals surface area contributed by atoms with Crippen LogP contribution in [0.5, 0.6) is 11.6 Å². The number of hydrogen-bond acceptors (Lipinski definition) is 7. The van der Waals surface area contributed by atoms with Gasteiger partial charge in [-0.25, -0.2) is 4.68 Å². The van der Waals surface area contributed by atoms with Gasteiger partial charge in [0.2, 0.25) is 5.88 Å². The average Bonchev–Trinajstić information content (AvgIpc) is 3.10. The van der Waals surface area contributed by atoms with Gasteiger partial charge in [0.05, 0.1) is 28.0 Å². The third-order valence-electron chi connectivity index (χ3n) is 3.44. The topological polar surface area (TPSA) is 74.4 Å². The number of nitrogens with zero attached hydrogens (tertiary/aromatic N) is 5. The summed E-state index contributed by atoms with van der Waals surface area (Å²) in [6.45, 7) is 4.14. The van der Waals surface area contributed by atoms with Crippen molar-refractivity contribution < 1.29 is 9.57 Å². The fourth-order valence-electron chi connectivity index (χ4n) is 2.11. The molecule has 1 aromatic carbocycles. The second-order valence-corrected chi connectivity index (χ2v) is 7.36. The highest BCUT2D eigenvalue weighted by Crippen LogP contribution is 2.26. The Morgan fingerprint density at radius 2 is 2.00 bits per heavy atom. The number of hydrogen-bond donors (Lipinski definition) is 0. The number of rotatable bonds is 6. The maximum absolute atomic E-state index is 5.97. The number of oxime groups is 1. The summed E-state index contributed by atoms with van der Waals surface area (Å²) < 4.78 is 12.7. The zero-order chi connectivity index (χ0) is 17.8. The Morgan fingerprint density at radius 3 is 2.68 bits per heavy atom. The van der Waals surface area contributed by atoms with Crippen LogP contribution in [0.25, 0.3) is 0 Å². The summed E-state index contributed by atoms with van der Waals surface area (Å²) in [5.74, 6) is 1.35. The number of halogens is 1. The molecular formula is C16H16IN5O2S. The lowest BCUT2D eigenvalue weighted by Crippen LogP contribution is -1.97. The van der Waals surface area contributed by atoms with E-state index in [0.717, 1.165) is 31.1 Å². The molecule has 130 valence electrons. The highest BCUT2D eigenvalue weighted by molar-refractivity contribution is 14.1. The summed E-state index contributed by atoms with van der Waals surface area (Å²) in [5.41, 5.74) is 2.45. The SMILES string of the molecule is Cc1nnsc1CO/N=C/c1c(C)nn(C)c1Oc1ccc(I)cc1. The van der Waals surface area contributed by atoms with Gasteiger partial charge in [-0.15, -0.1) is 5.10 Å². The smallest absolute Gasteiger partial charge is 0.226 e. The molecule has 0 amide bonds. The van der Waals surface area contributed by atoms with Crippen molar-refractivity contribution >= 4 is 40.3 Å². The summed E-state index contributed by atoms with van der Waals surface area (Å²) in [6.07, 6.45) is 1.62. The van der Waals surface area contributed by atoms with Crippen LogP contribution in [-0.4, -0.2) is 25.6 Å². The van der Waals surface area contributed by atoms with Gasteiger partial charge < -0.3 is 9.57 Å². The van der Waals surface area contributed by atoms with Gasteiger partial charge in [0, 0.05) is 10.6 Å². The standard InChI is InChI=1S/C16H16IN5O2S/c1-10-14(8-18-23-9-15-11(2)19-21-25-15)16(22(3)20-10)24-13-6-4-12(17)5-7-13/h4-8H,9H2,1-3H3/b18-8+. The van der Waals surface area contributed by atoms with Gasteiger partial charge in [-0.1, -0.05) is 9.64 Å². The third-order valence-corrected chi connectivity index (χ3v) is 4.96. The van der Waals surface area contributed by atoms with Crippen LogP contribution in [0.1, 0.15) is 21.8 Å². The van der Waals surface area contributed by atoms with E-state index in [2.05, 4.69) is 42.4 Å². The van der Waals surface area contributed by atoms with Crippen molar-refractivity contribution in [3.8, 4) is 11.6 Å². The van der Waals surface area contributed by atoms with Crippen LogP contribution in [0.2, 0.25) is 0 Å². The minimum atomic E-state index is 0.340. The summed E-state index contributed by atoms with van der Waals surface area (Å²) in [7, 11) is 1.83. The van der Waals surface area contributed by atoms with Crippen molar-refractivity contribution in [2.24, 2.45) is 12.2 Å². The average molecular weight is 469 g/mol. The molecule has 2 heterocycles. The lowest BCUT2D eigenvalue weighted by Gasteiger charge is -2.07. The van der Waals surface area contributed by atoms with Gasteiger partial charge in [0.1, 0.15) is 5.75 Å². The minimum Gasteiger partial charge on any atom is -0.439 e. The molecule has 0 fully saturated rings. The molecule has 0 aliphatic heterocycles. The molecule has 0 saturated heterocycles. The van der Waals surface area contributed by atoms with Gasteiger partial charge >= 0.3 is 0 Å². The predicted octanol–water partition coefficient (Wildman–Crippen LogP) is 3.84. The summed E-state index contributed by atoms with van der Waals surface area (Å²) >= 11 is 3.56. The summed E-state index contributed by atoms with van der Waals surface area (Å²) in [5, 5.41) is 12.4. The van der Waals surface area contributed by atoms with Gasteiger partial charge in [0.25, 0.3) is 0 Å². The molecule has 0 aliphatic rings. The molecule has 0 atom stereocenters. The maximum Gasteiger partial charge on any atom is 0.226 e. The van der Waals surface area contributed by atoms with E-state index >= 15 is 0 Å². The molecule has 9 heteroatoms. The molecule has 3 aromatic rings. The molecule has 0 N–H and O–H groups in total. The van der Waals surface area contributed by atoms with E-state index < -0.39 is 0 Å². The zero-order valence-corrected chi connectivity index (χ0v) is 16.9. The van der Waals surface area contributed by atoms with Crippen LogP contribution in [0.4, 0.5) is 0 Å². The van der Waals surface area contributed by atoms with Crippen LogP contribution in [0, 0.1) is 17.4 Å². The lowest BCUT2D eigenvalue weighted by atomic mass is 10.3. The first-order valence-electron chi connectivity index (χ1n) is 7.45. The van der Waals surface area contributed by atoms with Gasteiger partial charge in [0.15, 0.2) is 6.61 Å². The van der Waals surface area contributed by atoms with Gasteiger partial charge in [-0.05, 0) is 72.2 Å². The Kier molecular flexibility index (Phi) is 5.63. The van der Waals surface area contributed by atoms with Crippen molar-refractivity contribution in [3.63, 3.8) is 0 Å². The van der Waals surface area contributed by atoms with E-state index in [-0.39, 0.29) is 0 Å². The molecule has 3 rings (SSSR count). The Labute approximate surface area is 163 Å². The first-order chi connectivity index (χ1) is 12.0. The number of benzene rings is 1. The normalized spacial score (nSPS) is 11.2. The van der Waals surface area contributed by atoms with Gasteiger partial charge in [-0.2, -0.15) is 5.10 Å². The van der Waals surface area contributed by atoms with E-state index in [1.54, 1.807) is 10.9 Å². The first kappa shape index (κ1) is 17.8. The lowest BCUT2D eigenvalue weighted by molar-refractivity contribution is 0.134. The molecule has 0 radical (unpaired) electrons. The first-order valence-corrected chi connectivity index (χ1v) is 9.30. The molecule has 0 bridgehead atoms. The predicted molar refractivity (Wildman–Crippen MR) is 104 cm³/mol. The Balaban J connectivity index is 1.73. The summed E-state index contributed by atoms with van der Waals surface area (Å²) in [4.78, 5) is 6.31. The fraction of sp³-hybridized carbons (Fsp3) is 0.250. The highest BCUT2D eigenvalue weighted by atomic mass is 127. The minimum absolute atomic E-state index is 0.340. The van der Waals surface area contributed by atoms with E-state index in [9.17, 15) is 0 Å².